The summed E-state index contributed by atoms with van der Waals surface area (Å²) >= 11 is 1.58. The van der Waals surface area contributed by atoms with Crippen LogP contribution in [-0.2, 0) is 39.3 Å². The number of nitrogens with one attached hydrogen (secondary N) is 1. The summed E-state index contributed by atoms with van der Waals surface area (Å²) in [6.07, 6.45) is 19.8. The molecule has 1 aliphatic heterocycles. The van der Waals surface area contributed by atoms with Gasteiger partial charge < -0.3 is 15.2 Å². The fraction of sp³-hybridized carbons (Fsp3) is 0.614. The number of esters is 1. The molecule has 0 bridgehead atoms. The van der Waals surface area contributed by atoms with E-state index in [1.54, 1.807) is 11.8 Å². The van der Waals surface area contributed by atoms with Crippen molar-refractivity contribution in [2.45, 2.75) is 140 Å². The highest BCUT2D eigenvalue weighted by Gasteiger charge is 2.38. The van der Waals surface area contributed by atoms with Crippen LogP contribution in [0.5, 0.6) is 0 Å². The Morgan fingerprint density at radius 3 is 1.85 bits per heavy atom. The topological polar surface area (TPSA) is 181 Å². The Kier molecular flexibility index (Phi) is 25.4. The van der Waals surface area contributed by atoms with Crippen molar-refractivity contribution in [1.29, 1.82) is 0 Å². The van der Waals surface area contributed by atoms with Crippen LogP contribution in [0.1, 0.15) is 146 Å². The van der Waals surface area contributed by atoms with Gasteiger partial charge in [0.15, 0.2) is 0 Å². The number of likely N-dealkylation sites (tertiary alicyclic amines) is 1. The lowest BCUT2D eigenvalue weighted by Gasteiger charge is -2.16. The van der Waals surface area contributed by atoms with Gasteiger partial charge in [-0.25, -0.2) is 0 Å². The number of unbranched alkanes of at least 4 members (excludes halogenated alkanes) is 14. The average molecular weight is 907 g/mol. The second kappa shape index (κ2) is 29.8. The number of hydrogen-bond donors (Lipinski definition) is 2. The number of imide groups is 1. The molecular weight excluding hydrogens is 845 g/mol. The third kappa shape index (κ3) is 20.0. The van der Waals surface area contributed by atoms with E-state index in [2.05, 4.69) is 5.32 Å². The molecule has 16 heteroatoms. The quantitative estimate of drug-likeness (QED) is 0.0328. The van der Waals surface area contributed by atoms with Crippen LogP contribution in [0.15, 0.2) is 42.5 Å². The molecule has 0 radical (unpaired) electrons. The molecule has 60 heavy (non-hydrogen) atoms. The number of thioether (sulfide) groups is 1. The normalized spacial score (nSPS) is 15.2. The Morgan fingerprint density at radius 2 is 1.27 bits per heavy atom. The molecule has 1 aliphatic carbocycles. The Bertz CT molecular complexity index is 1790. The first-order chi connectivity index (χ1) is 29.0. The number of carbonyl (C=O) groups is 5. The Labute approximate surface area is 369 Å². The molecule has 2 aromatic carbocycles. The summed E-state index contributed by atoms with van der Waals surface area (Å²) in [4.78, 5) is 62.0. The first kappa shape index (κ1) is 51.0. The van der Waals surface area contributed by atoms with Gasteiger partial charge in [0.05, 0.1) is 5.25 Å². The number of anilines is 1. The largest absolute Gasteiger partial charge is 0.481 e. The van der Waals surface area contributed by atoms with Crippen LogP contribution in [-0.4, -0.2) is 88.0 Å². The van der Waals surface area contributed by atoms with E-state index in [1.165, 1.54) is 94.0 Å². The molecule has 2 atom stereocenters. The maximum absolute atomic E-state index is 13.0. The number of carbonyl (C=O) groups excluding carboxylic acids is 4. The molecule has 2 N–H and O–H groups in total. The van der Waals surface area contributed by atoms with Gasteiger partial charge in [-0.05, 0) is 65.8 Å². The number of nitrogens with zero attached hydrogens (tertiary/aromatic N) is 1. The lowest BCUT2D eigenvalue weighted by Crippen LogP contribution is -2.34. The van der Waals surface area contributed by atoms with Crippen LogP contribution in [0, 0.1) is 0 Å². The van der Waals surface area contributed by atoms with Gasteiger partial charge in [0, 0.05) is 55.8 Å². The molecule has 3 amide bonds. The summed E-state index contributed by atoms with van der Waals surface area (Å²) in [6.45, 7) is 1.69. The van der Waals surface area contributed by atoms with Crippen molar-refractivity contribution < 1.29 is 46.4 Å². The number of aliphatic carboxylic acids is 1. The van der Waals surface area contributed by atoms with Gasteiger partial charge in [0.1, 0.15) is 6.61 Å². The highest BCUT2D eigenvalue weighted by molar-refractivity contribution is 8.76. The molecule has 0 saturated carbocycles. The lowest BCUT2D eigenvalue weighted by molar-refractivity contribution is -0.141. The minimum Gasteiger partial charge on any atom is -0.481 e. The van der Waals surface area contributed by atoms with Crippen molar-refractivity contribution in [3.8, 4) is 11.1 Å². The minimum absolute atomic E-state index is 0.0312. The minimum atomic E-state index is -3.11. The summed E-state index contributed by atoms with van der Waals surface area (Å²) in [6, 6.07) is 13.8. The van der Waals surface area contributed by atoms with E-state index in [0.29, 0.717) is 12.1 Å². The van der Waals surface area contributed by atoms with Gasteiger partial charge in [-0.1, -0.05) is 129 Å². The molecule has 2 aromatic rings. The summed E-state index contributed by atoms with van der Waals surface area (Å²) in [5.41, 5.74) is 4.84. The average Bonchev–Trinajstić information content (AvgIpc) is 3.66. The second-order valence-corrected chi connectivity index (χ2v) is 19.6. The Balaban J connectivity index is 0.00000229. The zero-order valence-corrected chi connectivity index (χ0v) is 38.1. The number of rotatable bonds is 30. The fourth-order valence-electron chi connectivity index (χ4n) is 7.39. The molecule has 332 valence electrons. The molecule has 2 unspecified atom stereocenters. The monoisotopic (exact) mass is 906 g/mol. The van der Waals surface area contributed by atoms with Crippen LogP contribution in [0.2, 0.25) is 0 Å². The van der Waals surface area contributed by atoms with E-state index >= 15 is 0 Å². The predicted octanol–water partition coefficient (Wildman–Crippen LogP) is 9.64. The van der Waals surface area contributed by atoms with Crippen LogP contribution in [0.3, 0.4) is 0 Å². The molecular formula is C44H62N2O10S4. The van der Waals surface area contributed by atoms with Crippen molar-refractivity contribution in [2.75, 3.05) is 35.7 Å². The van der Waals surface area contributed by atoms with E-state index in [9.17, 15) is 24.0 Å². The third-order valence-corrected chi connectivity index (χ3v) is 14.3. The van der Waals surface area contributed by atoms with E-state index in [4.69, 9.17) is 22.5 Å². The maximum atomic E-state index is 13.0. The van der Waals surface area contributed by atoms with Gasteiger partial charge >= 0.3 is 22.5 Å². The Morgan fingerprint density at radius 1 is 0.733 bits per heavy atom. The second-order valence-electron chi connectivity index (χ2n) is 15.1. The first-order valence-corrected chi connectivity index (χ1v) is 25.9. The fourth-order valence-corrected chi connectivity index (χ4v) is 10.9. The zero-order chi connectivity index (χ0) is 43.5. The number of fused-ring (bicyclic) bond motifs is 3. The smallest absolute Gasteiger partial charge is 0.425 e. The van der Waals surface area contributed by atoms with Crippen molar-refractivity contribution in [3.63, 3.8) is 0 Å². The number of carboxylic acids is 1. The highest BCUT2D eigenvalue weighted by atomic mass is 33.1. The zero-order valence-electron chi connectivity index (χ0n) is 34.9. The van der Waals surface area contributed by atoms with E-state index < -0.39 is 16.6 Å². The van der Waals surface area contributed by atoms with Crippen molar-refractivity contribution in [3.05, 3.63) is 53.6 Å². The van der Waals surface area contributed by atoms with E-state index in [0.717, 1.165) is 60.1 Å². The number of carboxylic acid groups (broad SMARTS) is 1. The molecule has 2 aliphatic rings. The van der Waals surface area contributed by atoms with Gasteiger partial charge in [0.25, 0.3) is 0 Å². The molecule has 12 nitrogen and oxygen atoms in total. The summed E-state index contributed by atoms with van der Waals surface area (Å²) in [5, 5.41) is 11.2. The summed E-state index contributed by atoms with van der Waals surface area (Å²) in [7, 11) is 0.924. The first-order valence-electron chi connectivity index (χ1n) is 21.3. The third-order valence-electron chi connectivity index (χ3n) is 10.4. The molecule has 1 saturated heterocycles. The van der Waals surface area contributed by atoms with Gasteiger partial charge in [-0.2, -0.15) is 0 Å². The van der Waals surface area contributed by atoms with E-state index in [-0.39, 0.29) is 60.9 Å². The van der Waals surface area contributed by atoms with E-state index in [1.807, 2.05) is 64.1 Å². The van der Waals surface area contributed by atoms with Gasteiger partial charge in [0.2, 0.25) is 17.7 Å². The number of benzene rings is 2. The molecule has 0 spiro atoms. The standard InChI is InChI=1S/C44H62N2O7S3.O3S/c1-33(47)53-32-39-36-21-16-15-20-35(36)37-24-23-34(30-38(37)39)45-41(48)25-26-46-42(49)31-40(44(46)52)54-27-17-11-7-4-5-9-13-19-29-56-55-28-18-12-8-3-2-6-10-14-22-43(50)51;1-4(2)3/h15-16,20-21,23-24,30,39-40H,2-14,17-19,22,25-29,31-32H2,1H3,(H,45,48)(H,50,51);. The summed E-state index contributed by atoms with van der Waals surface area (Å²) < 4.78 is 30.7. The van der Waals surface area contributed by atoms with Crippen LogP contribution < -0.4 is 5.32 Å². The van der Waals surface area contributed by atoms with Crippen LogP contribution in [0.25, 0.3) is 11.1 Å². The maximum Gasteiger partial charge on any atom is 0.425 e. The van der Waals surface area contributed by atoms with Crippen molar-refractivity contribution in [1.82, 2.24) is 4.90 Å². The Hall–Kier alpha value is -3.34. The highest BCUT2D eigenvalue weighted by Crippen LogP contribution is 2.45. The van der Waals surface area contributed by atoms with Crippen LogP contribution >= 0.6 is 33.3 Å². The molecule has 1 heterocycles. The molecule has 4 rings (SSSR count). The molecule has 0 aromatic heterocycles. The predicted molar refractivity (Wildman–Crippen MR) is 242 cm³/mol. The van der Waals surface area contributed by atoms with Crippen molar-refractivity contribution >= 4 is 79.3 Å². The molecule has 1 fully saturated rings. The van der Waals surface area contributed by atoms with Gasteiger partial charge in [-0.15, -0.1) is 24.4 Å². The SMILES string of the molecule is CC(=O)OCC1c2ccccc2-c2ccc(NC(=O)CCN3C(=O)CC(SCCCCCCCCCCSSCCCCCCCCCCC(=O)O)C3=O)cc21.O=S(=O)=O. The lowest BCUT2D eigenvalue weighted by atomic mass is 9.97. The van der Waals surface area contributed by atoms with Gasteiger partial charge in [-0.3, -0.25) is 28.9 Å². The summed E-state index contributed by atoms with van der Waals surface area (Å²) in [5.74, 6) is 1.55. The van der Waals surface area contributed by atoms with Crippen LogP contribution in [0.4, 0.5) is 5.69 Å². The number of hydrogen-bond acceptors (Lipinski definition) is 12. The number of amides is 3. The number of ether oxygens (including phenoxy) is 1. The van der Waals surface area contributed by atoms with Crippen molar-refractivity contribution in [2.24, 2.45) is 0 Å².